The Hall–Kier alpha value is -1.98. The van der Waals surface area contributed by atoms with E-state index in [1.54, 1.807) is 6.92 Å². The van der Waals surface area contributed by atoms with Crippen molar-refractivity contribution < 1.29 is 23.5 Å². The molecule has 1 N–H and O–H groups in total. The second kappa shape index (κ2) is 6.20. The Labute approximate surface area is 121 Å². The molecule has 1 aromatic rings. The zero-order chi connectivity index (χ0) is 15.6. The smallest absolute Gasteiger partial charge is 0.308 e. The third kappa shape index (κ3) is 3.37. The second-order valence-electron chi connectivity index (χ2n) is 5.43. The van der Waals surface area contributed by atoms with Crippen molar-refractivity contribution in [2.24, 2.45) is 11.8 Å². The molecule has 0 saturated carbocycles. The number of aliphatic carboxylic acids is 1. The molecule has 1 amide bonds. The maximum atomic E-state index is 13.5. The lowest BCUT2D eigenvalue weighted by Crippen LogP contribution is -2.30. The summed E-state index contributed by atoms with van der Waals surface area (Å²) in [6.07, 6.45) is 0.143. The van der Waals surface area contributed by atoms with E-state index in [1.165, 1.54) is 17.0 Å². The number of carbonyl (C=O) groups is 2. The molecule has 2 rings (SSSR count). The lowest BCUT2D eigenvalue weighted by molar-refractivity contribution is -0.142. The van der Waals surface area contributed by atoms with Crippen LogP contribution in [0.25, 0.3) is 0 Å². The first kappa shape index (κ1) is 15.4. The van der Waals surface area contributed by atoms with Crippen molar-refractivity contribution in [1.29, 1.82) is 0 Å². The Balaban J connectivity index is 1.94. The molecular weight excluding hydrogens is 280 g/mol. The van der Waals surface area contributed by atoms with Crippen LogP contribution in [-0.2, 0) is 16.0 Å². The maximum Gasteiger partial charge on any atom is 0.308 e. The largest absolute Gasteiger partial charge is 0.481 e. The van der Waals surface area contributed by atoms with Gasteiger partial charge in [0.1, 0.15) is 0 Å². The van der Waals surface area contributed by atoms with Gasteiger partial charge in [-0.05, 0) is 24.0 Å². The zero-order valence-electron chi connectivity index (χ0n) is 11.7. The van der Waals surface area contributed by atoms with Gasteiger partial charge >= 0.3 is 5.97 Å². The van der Waals surface area contributed by atoms with Gasteiger partial charge in [0.2, 0.25) is 5.91 Å². The fourth-order valence-corrected chi connectivity index (χ4v) is 2.63. The number of rotatable bonds is 4. The summed E-state index contributed by atoms with van der Waals surface area (Å²) in [5, 5.41) is 9.03. The second-order valence-corrected chi connectivity index (χ2v) is 5.43. The number of aryl methyl sites for hydroxylation is 1. The van der Waals surface area contributed by atoms with Crippen molar-refractivity contribution in [3.05, 3.63) is 35.4 Å². The first-order valence-corrected chi connectivity index (χ1v) is 6.83. The van der Waals surface area contributed by atoms with E-state index in [2.05, 4.69) is 0 Å². The Morgan fingerprint density at radius 3 is 2.67 bits per heavy atom. The summed E-state index contributed by atoms with van der Waals surface area (Å²) < 4.78 is 26.5. The predicted octanol–water partition coefficient (Wildman–Crippen LogP) is 2.08. The van der Waals surface area contributed by atoms with Crippen LogP contribution in [0.3, 0.4) is 0 Å². The van der Waals surface area contributed by atoms with E-state index in [1.807, 2.05) is 0 Å². The topological polar surface area (TPSA) is 57.6 Å². The van der Waals surface area contributed by atoms with Gasteiger partial charge in [0.05, 0.1) is 5.92 Å². The summed E-state index contributed by atoms with van der Waals surface area (Å²) in [6, 6.07) is 3.87. The Morgan fingerprint density at radius 1 is 1.33 bits per heavy atom. The van der Waals surface area contributed by atoms with Crippen molar-refractivity contribution in [2.75, 3.05) is 13.1 Å². The van der Waals surface area contributed by atoms with Gasteiger partial charge in [-0.15, -0.1) is 0 Å². The molecule has 1 aliphatic heterocycles. The van der Waals surface area contributed by atoms with Crippen molar-refractivity contribution in [1.82, 2.24) is 4.90 Å². The van der Waals surface area contributed by atoms with Gasteiger partial charge in [0, 0.05) is 19.5 Å². The molecule has 4 nitrogen and oxygen atoms in total. The van der Waals surface area contributed by atoms with E-state index >= 15 is 0 Å². The van der Waals surface area contributed by atoms with Crippen LogP contribution in [-0.4, -0.2) is 35.0 Å². The number of nitrogens with zero attached hydrogens (tertiary/aromatic N) is 1. The number of hydrogen-bond donors (Lipinski definition) is 1. The van der Waals surface area contributed by atoms with Gasteiger partial charge in [-0.2, -0.15) is 0 Å². The van der Waals surface area contributed by atoms with Crippen LogP contribution in [0.1, 0.15) is 18.9 Å². The lowest BCUT2D eigenvalue weighted by atomic mass is 9.99. The van der Waals surface area contributed by atoms with Crippen LogP contribution in [0.15, 0.2) is 18.2 Å². The number of benzene rings is 1. The average molecular weight is 297 g/mol. The third-order valence-electron chi connectivity index (χ3n) is 3.92. The molecule has 1 aliphatic rings. The van der Waals surface area contributed by atoms with Crippen molar-refractivity contribution in [2.45, 2.75) is 19.8 Å². The quantitative estimate of drug-likeness (QED) is 0.925. The molecular formula is C15H17F2NO3. The zero-order valence-corrected chi connectivity index (χ0v) is 11.7. The van der Waals surface area contributed by atoms with Gasteiger partial charge in [0.25, 0.3) is 0 Å². The molecule has 1 heterocycles. The standard InChI is InChI=1S/C15H17F2NO3/c1-9-7-18(8-11(9)15(20)21)13(19)6-5-10-3-2-4-12(16)14(10)17/h2-4,9,11H,5-8H2,1H3,(H,20,21)/t9-,11-/m1/s1. The monoisotopic (exact) mass is 297 g/mol. The summed E-state index contributed by atoms with van der Waals surface area (Å²) in [6.45, 7) is 2.36. The molecule has 21 heavy (non-hydrogen) atoms. The summed E-state index contributed by atoms with van der Waals surface area (Å²) >= 11 is 0. The molecule has 1 saturated heterocycles. The van der Waals surface area contributed by atoms with E-state index in [-0.39, 0.29) is 36.8 Å². The highest BCUT2D eigenvalue weighted by Crippen LogP contribution is 2.24. The first-order chi connectivity index (χ1) is 9.90. The Morgan fingerprint density at radius 2 is 2.05 bits per heavy atom. The number of carbonyl (C=O) groups excluding carboxylic acids is 1. The molecule has 0 spiro atoms. The summed E-state index contributed by atoms with van der Waals surface area (Å²) in [7, 11) is 0. The number of carboxylic acids is 1. The number of hydrogen-bond acceptors (Lipinski definition) is 2. The highest BCUT2D eigenvalue weighted by molar-refractivity contribution is 5.79. The van der Waals surface area contributed by atoms with Gasteiger partial charge in [-0.25, -0.2) is 8.78 Å². The van der Waals surface area contributed by atoms with Crippen LogP contribution in [0, 0.1) is 23.5 Å². The van der Waals surface area contributed by atoms with Crippen LogP contribution in [0.5, 0.6) is 0 Å². The predicted molar refractivity (Wildman–Crippen MR) is 71.5 cm³/mol. The highest BCUT2D eigenvalue weighted by atomic mass is 19.2. The fraction of sp³-hybridized carbons (Fsp3) is 0.467. The highest BCUT2D eigenvalue weighted by Gasteiger charge is 2.36. The van der Waals surface area contributed by atoms with Crippen molar-refractivity contribution in [3.63, 3.8) is 0 Å². The third-order valence-corrected chi connectivity index (χ3v) is 3.92. The molecule has 6 heteroatoms. The molecule has 0 aliphatic carbocycles. The summed E-state index contributed by atoms with van der Waals surface area (Å²) in [4.78, 5) is 24.5. The Bertz CT molecular complexity index is 562. The number of halogens is 2. The number of carboxylic acid groups (broad SMARTS) is 1. The van der Waals surface area contributed by atoms with Crippen LogP contribution < -0.4 is 0 Å². The summed E-state index contributed by atoms with van der Waals surface area (Å²) in [5.41, 5.74) is 0.158. The van der Waals surface area contributed by atoms with Gasteiger partial charge in [-0.1, -0.05) is 19.1 Å². The lowest BCUT2D eigenvalue weighted by Gasteiger charge is -2.16. The van der Waals surface area contributed by atoms with E-state index in [0.717, 1.165) is 6.07 Å². The summed E-state index contributed by atoms with van der Waals surface area (Å²) in [5.74, 6) is -3.65. The van der Waals surface area contributed by atoms with Gasteiger partial charge in [-0.3, -0.25) is 9.59 Å². The van der Waals surface area contributed by atoms with E-state index in [4.69, 9.17) is 5.11 Å². The van der Waals surface area contributed by atoms with Gasteiger partial charge in [0.15, 0.2) is 11.6 Å². The first-order valence-electron chi connectivity index (χ1n) is 6.83. The molecule has 0 bridgehead atoms. The average Bonchev–Trinajstić information content (AvgIpc) is 2.82. The molecule has 1 fully saturated rings. The van der Waals surface area contributed by atoms with Crippen LogP contribution in [0.4, 0.5) is 8.78 Å². The maximum absolute atomic E-state index is 13.5. The van der Waals surface area contributed by atoms with Gasteiger partial charge < -0.3 is 10.0 Å². The minimum absolute atomic E-state index is 0.0411. The van der Waals surface area contributed by atoms with Crippen molar-refractivity contribution in [3.8, 4) is 0 Å². The fourth-order valence-electron chi connectivity index (χ4n) is 2.63. The van der Waals surface area contributed by atoms with Crippen molar-refractivity contribution >= 4 is 11.9 Å². The number of amides is 1. The molecule has 1 aromatic carbocycles. The van der Waals surface area contributed by atoms with E-state index in [0.29, 0.717) is 6.54 Å². The van der Waals surface area contributed by atoms with E-state index in [9.17, 15) is 18.4 Å². The van der Waals surface area contributed by atoms with Crippen LogP contribution in [0.2, 0.25) is 0 Å². The Kier molecular flexibility index (Phi) is 4.55. The van der Waals surface area contributed by atoms with E-state index < -0.39 is 23.5 Å². The molecule has 2 atom stereocenters. The number of likely N-dealkylation sites (tertiary alicyclic amines) is 1. The SMILES string of the molecule is C[C@@H]1CN(C(=O)CCc2cccc(F)c2F)C[C@H]1C(=O)O. The molecule has 114 valence electrons. The molecule has 0 radical (unpaired) electrons. The normalized spacial score (nSPS) is 21.6. The minimum Gasteiger partial charge on any atom is -0.481 e. The molecule has 0 aromatic heterocycles. The molecule has 0 unspecified atom stereocenters. The minimum atomic E-state index is -0.930. The van der Waals surface area contributed by atoms with Crippen LogP contribution >= 0.6 is 0 Å².